The molecule has 5 N–H and O–H groups in total. The summed E-state index contributed by atoms with van der Waals surface area (Å²) in [6.45, 7) is 6.63. The molecule has 10 heteroatoms. The standard InChI is InChI=1S/C28H43N5O5/c1-27(2)17-14-33(21(19(17)27)24(36)30-18(13-15-9-10-15)22(34)23(29)35)25(37)20(16-7-5-4-6-8-16)31-26(38)32-28(3)11-12-28/h15-21H,4-14H2,1-3H3,(H2,29,35)(H,30,36)(H2,31,32,38)/t17?,18?,19?,20-,21-/m0/s1. The Labute approximate surface area is 224 Å². The topological polar surface area (TPSA) is 151 Å². The molecule has 0 aromatic rings. The highest BCUT2D eigenvalue weighted by molar-refractivity contribution is 6.37. The van der Waals surface area contributed by atoms with Gasteiger partial charge in [-0.2, -0.15) is 0 Å². The van der Waals surface area contributed by atoms with Crippen LogP contribution in [0.1, 0.15) is 85.0 Å². The summed E-state index contributed by atoms with van der Waals surface area (Å²) in [6, 6.07) is -2.76. The number of likely N-dealkylation sites (tertiary alicyclic amines) is 1. The highest BCUT2D eigenvalue weighted by Gasteiger charge is 2.69. The number of primary amides is 1. The molecule has 210 valence electrons. The van der Waals surface area contributed by atoms with E-state index in [1.807, 2.05) is 6.92 Å². The van der Waals surface area contributed by atoms with E-state index in [-0.39, 0.29) is 40.6 Å². The second-order valence-electron chi connectivity index (χ2n) is 13.4. The Bertz CT molecular complexity index is 1010. The van der Waals surface area contributed by atoms with Crippen LogP contribution in [-0.4, -0.2) is 64.6 Å². The van der Waals surface area contributed by atoms with E-state index in [1.54, 1.807) is 4.90 Å². The molecule has 0 aromatic carbocycles. The minimum absolute atomic E-state index is 0.0155. The van der Waals surface area contributed by atoms with Gasteiger partial charge in [0, 0.05) is 12.1 Å². The highest BCUT2D eigenvalue weighted by atomic mass is 16.2. The zero-order valence-corrected chi connectivity index (χ0v) is 22.9. The lowest BCUT2D eigenvalue weighted by Crippen LogP contribution is -2.60. The minimum atomic E-state index is -1.06. The molecule has 5 fully saturated rings. The van der Waals surface area contributed by atoms with Crippen molar-refractivity contribution in [2.75, 3.05) is 6.54 Å². The van der Waals surface area contributed by atoms with Crippen LogP contribution in [0.3, 0.4) is 0 Å². The molecule has 0 radical (unpaired) electrons. The number of rotatable bonds is 10. The molecule has 5 atom stereocenters. The van der Waals surface area contributed by atoms with Gasteiger partial charge >= 0.3 is 6.03 Å². The molecule has 0 aromatic heterocycles. The van der Waals surface area contributed by atoms with Crippen molar-refractivity contribution in [2.24, 2.45) is 34.8 Å². The monoisotopic (exact) mass is 529 g/mol. The molecule has 1 saturated heterocycles. The van der Waals surface area contributed by atoms with Gasteiger partial charge in [-0.1, -0.05) is 46.0 Å². The summed E-state index contributed by atoms with van der Waals surface area (Å²) in [7, 11) is 0. The molecule has 3 unspecified atom stereocenters. The van der Waals surface area contributed by atoms with Gasteiger partial charge in [0.25, 0.3) is 5.91 Å². The van der Waals surface area contributed by atoms with E-state index in [4.69, 9.17) is 5.73 Å². The van der Waals surface area contributed by atoms with Crippen LogP contribution < -0.4 is 21.7 Å². The molecule has 5 rings (SSSR count). The molecule has 5 aliphatic rings. The number of amides is 5. The largest absolute Gasteiger partial charge is 0.363 e. The summed E-state index contributed by atoms with van der Waals surface area (Å²) in [5.74, 6) is -2.05. The summed E-state index contributed by atoms with van der Waals surface area (Å²) in [4.78, 5) is 66.6. The average molecular weight is 530 g/mol. The molecule has 1 heterocycles. The minimum Gasteiger partial charge on any atom is -0.363 e. The lowest BCUT2D eigenvalue weighted by Gasteiger charge is -2.37. The summed E-state index contributed by atoms with van der Waals surface area (Å²) in [6.07, 6.45) is 8.98. The third kappa shape index (κ3) is 5.41. The Hall–Kier alpha value is -2.65. The van der Waals surface area contributed by atoms with Crippen LogP contribution in [0, 0.1) is 29.1 Å². The molecule has 4 aliphatic carbocycles. The number of hydrogen-bond acceptors (Lipinski definition) is 5. The molecule has 10 nitrogen and oxygen atoms in total. The number of carbonyl (C=O) groups is 5. The van der Waals surface area contributed by atoms with Crippen LogP contribution in [0.15, 0.2) is 0 Å². The van der Waals surface area contributed by atoms with Crippen molar-refractivity contribution in [3.05, 3.63) is 0 Å². The second kappa shape index (κ2) is 9.83. The number of fused-ring (bicyclic) bond motifs is 1. The van der Waals surface area contributed by atoms with Gasteiger partial charge in [0.1, 0.15) is 12.1 Å². The predicted octanol–water partition coefficient (Wildman–Crippen LogP) is 1.61. The van der Waals surface area contributed by atoms with E-state index < -0.39 is 35.7 Å². The summed E-state index contributed by atoms with van der Waals surface area (Å²) < 4.78 is 0. The van der Waals surface area contributed by atoms with Crippen LogP contribution in [0.4, 0.5) is 4.79 Å². The quantitative estimate of drug-likeness (QED) is 0.317. The fraction of sp³-hybridized carbons (Fsp3) is 0.821. The van der Waals surface area contributed by atoms with Gasteiger partial charge in [0.2, 0.25) is 17.6 Å². The normalized spacial score (nSPS) is 30.4. The zero-order chi connectivity index (χ0) is 27.4. The van der Waals surface area contributed by atoms with Gasteiger partial charge in [0.15, 0.2) is 0 Å². The number of nitrogens with two attached hydrogens (primary N) is 1. The third-order valence-electron chi connectivity index (χ3n) is 9.99. The first kappa shape index (κ1) is 26.9. The number of hydrogen-bond donors (Lipinski definition) is 4. The van der Waals surface area contributed by atoms with Gasteiger partial charge in [-0.05, 0) is 68.1 Å². The van der Waals surface area contributed by atoms with E-state index in [2.05, 4.69) is 29.8 Å². The number of nitrogens with one attached hydrogen (secondary N) is 3. The number of nitrogens with zero attached hydrogens (tertiary/aromatic N) is 1. The smallest absolute Gasteiger partial charge is 0.315 e. The first-order chi connectivity index (χ1) is 17.9. The summed E-state index contributed by atoms with van der Waals surface area (Å²) in [5.41, 5.74) is 4.96. The zero-order valence-electron chi connectivity index (χ0n) is 22.9. The molecule has 4 saturated carbocycles. The van der Waals surface area contributed by atoms with Crippen LogP contribution >= 0.6 is 0 Å². The maximum absolute atomic E-state index is 14.1. The van der Waals surface area contributed by atoms with Crippen LogP contribution in [-0.2, 0) is 19.2 Å². The third-order valence-corrected chi connectivity index (χ3v) is 9.99. The van der Waals surface area contributed by atoms with Crippen LogP contribution in [0.2, 0.25) is 0 Å². The Morgan fingerprint density at radius 3 is 2.18 bits per heavy atom. The number of Topliss-reactive ketones (excluding diaryl/α,β-unsaturated/α-hetero) is 1. The Kier molecular flexibility index (Phi) is 6.97. The Balaban J connectivity index is 1.35. The maximum atomic E-state index is 14.1. The van der Waals surface area contributed by atoms with E-state index in [0.29, 0.717) is 18.9 Å². The predicted molar refractivity (Wildman–Crippen MR) is 139 cm³/mol. The van der Waals surface area contributed by atoms with E-state index in [1.165, 1.54) is 0 Å². The van der Waals surface area contributed by atoms with Gasteiger partial charge in [-0.25, -0.2) is 4.79 Å². The number of urea groups is 1. The van der Waals surface area contributed by atoms with Crippen molar-refractivity contribution in [3.63, 3.8) is 0 Å². The molecular formula is C28H43N5O5. The van der Waals surface area contributed by atoms with Crippen LogP contribution in [0.25, 0.3) is 0 Å². The first-order valence-corrected chi connectivity index (χ1v) is 14.4. The SMILES string of the molecule is CC1(NC(=O)N[C@H](C(=O)N2CC3C([C@H]2C(=O)NC(CC2CC2)C(=O)C(N)=O)C3(C)C)C2CCCCC2)CC1. The van der Waals surface area contributed by atoms with E-state index in [0.717, 1.165) is 57.8 Å². The average Bonchev–Trinajstić information content (AvgIpc) is 3.83. The fourth-order valence-corrected chi connectivity index (χ4v) is 6.95. The molecule has 0 bridgehead atoms. The van der Waals surface area contributed by atoms with Gasteiger partial charge in [-0.15, -0.1) is 0 Å². The molecule has 1 aliphatic heterocycles. The van der Waals surface area contributed by atoms with Crippen molar-refractivity contribution in [1.29, 1.82) is 0 Å². The fourth-order valence-electron chi connectivity index (χ4n) is 6.95. The Morgan fingerprint density at radius 1 is 0.947 bits per heavy atom. The van der Waals surface area contributed by atoms with Crippen molar-refractivity contribution in [3.8, 4) is 0 Å². The Morgan fingerprint density at radius 2 is 1.61 bits per heavy atom. The van der Waals surface area contributed by atoms with Gasteiger partial charge in [-0.3, -0.25) is 19.2 Å². The van der Waals surface area contributed by atoms with Gasteiger partial charge < -0.3 is 26.6 Å². The molecular weight excluding hydrogens is 486 g/mol. The number of carbonyl (C=O) groups excluding carboxylic acids is 5. The van der Waals surface area contributed by atoms with Crippen molar-refractivity contribution >= 4 is 29.5 Å². The molecule has 5 amide bonds. The lowest BCUT2D eigenvalue weighted by molar-refractivity contribution is -0.144. The van der Waals surface area contributed by atoms with Crippen molar-refractivity contribution in [2.45, 2.75) is 109 Å². The van der Waals surface area contributed by atoms with Crippen molar-refractivity contribution < 1.29 is 24.0 Å². The first-order valence-electron chi connectivity index (χ1n) is 14.4. The number of ketones is 1. The lowest BCUT2D eigenvalue weighted by atomic mass is 9.83. The molecule has 0 spiro atoms. The van der Waals surface area contributed by atoms with E-state index in [9.17, 15) is 24.0 Å². The van der Waals surface area contributed by atoms with Gasteiger partial charge in [0.05, 0.1) is 6.04 Å². The maximum Gasteiger partial charge on any atom is 0.315 e. The van der Waals surface area contributed by atoms with Crippen LogP contribution in [0.5, 0.6) is 0 Å². The summed E-state index contributed by atoms with van der Waals surface area (Å²) >= 11 is 0. The van der Waals surface area contributed by atoms with E-state index >= 15 is 0 Å². The number of piperidine rings is 1. The highest BCUT2D eigenvalue weighted by Crippen LogP contribution is 2.65. The second-order valence-corrected chi connectivity index (χ2v) is 13.4. The van der Waals surface area contributed by atoms with Crippen molar-refractivity contribution in [1.82, 2.24) is 20.9 Å². The molecule has 38 heavy (non-hydrogen) atoms. The summed E-state index contributed by atoms with van der Waals surface area (Å²) in [5, 5.41) is 8.80.